The average molecular weight is 437 g/mol. The van der Waals surface area contributed by atoms with Crippen molar-refractivity contribution in [1.82, 2.24) is 14.9 Å². The zero-order chi connectivity index (χ0) is 22.7. The van der Waals surface area contributed by atoms with Crippen LogP contribution in [0.15, 0.2) is 54.6 Å². The molecule has 32 heavy (non-hydrogen) atoms. The van der Waals surface area contributed by atoms with E-state index in [2.05, 4.69) is 10.3 Å². The van der Waals surface area contributed by atoms with E-state index in [4.69, 9.17) is 4.98 Å². The lowest BCUT2D eigenvalue weighted by Crippen LogP contribution is -2.24. The van der Waals surface area contributed by atoms with Crippen molar-refractivity contribution < 1.29 is 13.6 Å². The second-order valence-corrected chi connectivity index (χ2v) is 8.03. The van der Waals surface area contributed by atoms with Crippen LogP contribution in [0.3, 0.4) is 0 Å². The molecular formula is C24H25F2N5O. The third kappa shape index (κ3) is 5.08. The minimum atomic E-state index is -0.335. The smallest absolute Gasteiger partial charge is 0.227 e. The molecule has 1 aromatic heterocycles. The van der Waals surface area contributed by atoms with Crippen molar-refractivity contribution in [3.05, 3.63) is 83.3 Å². The molecule has 1 fully saturated rings. The number of nitrogens with zero attached hydrogens (tertiary/aromatic N) is 4. The van der Waals surface area contributed by atoms with Crippen molar-refractivity contribution in [2.75, 3.05) is 30.9 Å². The zero-order valence-corrected chi connectivity index (χ0v) is 18.1. The Kier molecular flexibility index (Phi) is 6.41. The van der Waals surface area contributed by atoms with E-state index >= 15 is 0 Å². The first kappa shape index (κ1) is 21.8. The van der Waals surface area contributed by atoms with E-state index in [9.17, 15) is 13.6 Å². The van der Waals surface area contributed by atoms with Crippen LogP contribution in [0, 0.1) is 11.6 Å². The number of carbonyl (C=O) groups excluding carboxylic acids is 1. The molecule has 1 amide bonds. The van der Waals surface area contributed by atoms with Gasteiger partial charge < -0.3 is 10.2 Å². The quantitative estimate of drug-likeness (QED) is 0.607. The lowest BCUT2D eigenvalue weighted by Gasteiger charge is -2.19. The van der Waals surface area contributed by atoms with Gasteiger partial charge in [-0.15, -0.1) is 0 Å². The van der Waals surface area contributed by atoms with Gasteiger partial charge in [-0.05, 0) is 49.0 Å². The number of aromatic nitrogens is 2. The SMILES string of the molecule is CNc1cc([C@H]2CC(=O)N(c3ccc(F)cc3)C2)nc(CN(C)Cc2cccc(F)c2)n1. The maximum Gasteiger partial charge on any atom is 0.227 e. The molecule has 2 heterocycles. The molecule has 0 aliphatic carbocycles. The van der Waals surface area contributed by atoms with Gasteiger partial charge in [0, 0.05) is 44.2 Å². The van der Waals surface area contributed by atoms with Gasteiger partial charge in [-0.25, -0.2) is 18.7 Å². The first-order valence-corrected chi connectivity index (χ1v) is 10.5. The number of hydrogen-bond donors (Lipinski definition) is 1. The molecule has 1 N–H and O–H groups in total. The standard InChI is InChI=1S/C24H25F2N5O/c1-27-22-12-21(17-11-24(32)31(14-17)20-8-6-18(25)7-9-20)28-23(29-22)15-30(2)13-16-4-3-5-19(26)10-16/h3-10,12,17H,11,13-15H2,1-2H3,(H,27,28,29)/t17-/m0/s1. The fraction of sp³-hybridized carbons (Fsp3) is 0.292. The van der Waals surface area contributed by atoms with Crippen LogP contribution in [0.5, 0.6) is 0 Å². The third-order valence-electron chi connectivity index (χ3n) is 5.48. The van der Waals surface area contributed by atoms with Crippen LogP contribution in [0.25, 0.3) is 0 Å². The molecule has 1 atom stereocenters. The molecule has 166 valence electrons. The predicted octanol–water partition coefficient (Wildman–Crippen LogP) is 3.95. The van der Waals surface area contributed by atoms with Crippen molar-refractivity contribution >= 4 is 17.4 Å². The summed E-state index contributed by atoms with van der Waals surface area (Å²) in [6.07, 6.45) is 0.329. The van der Waals surface area contributed by atoms with Gasteiger partial charge in [0.1, 0.15) is 23.3 Å². The van der Waals surface area contributed by atoms with E-state index in [0.717, 1.165) is 11.3 Å². The van der Waals surface area contributed by atoms with Crippen molar-refractivity contribution in [2.45, 2.75) is 25.4 Å². The molecule has 0 bridgehead atoms. The highest BCUT2D eigenvalue weighted by Gasteiger charge is 2.33. The molecular weight excluding hydrogens is 412 g/mol. The summed E-state index contributed by atoms with van der Waals surface area (Å²) >= 11 is 0. The van der Waals surface area contributed by atoms with Gasteiger partial charge >= 0.3 is 0 Å². The highest BCUT2D eigenvalue weighted by molar-refractivity contribution is 5.96. The van der Waals surface area contributed by atoms with Crippen LogP contribution in [0.4, 0.5) is 20.3 Å². The first-order valence-electron chi connectivity index (χ1n) is 10.5. The number of benzene rings is 2. The minimum Gasteiger partial charge on any atom is -0.373 e. The van der Waals surface area contributed by atoms with E-state index in [1.807, 2.05) is 24.1 Å². The fourth-order valence-electron chi connectivity index (χ4n) is 3.95. The number of halogens is 2. The van der Waals surface area contributed by atoms with Crippen LogP contribution in [0.1, 0.15) is 29.4 Å². The largest absolute Gasteiger partial charge is 0.373 e. The summed E-state index contributed by atoms with van der Waals surface area (Å²) in [5.74, 6) is 0.600. The Bertz CT molecular complexity index is 1110. The molecule has 8 heteroatoms. The molecule has 0 saturated carbocycles. The van der Waals surface area contributed by atoms with Gasteiger partial charge in [0.05, 0.1) is 12.2 Å². The Morgan fingerprint density at radius 2 is 1.84 bits per heavy atom. The highest BCUT2D eigenvalue weighted by atomic mass is 19.1. The third-order valence-corrected chi connectivity index (χ3v) is 5.48. The Labute approximate surface area is 185 Å². The maximum absolute atomic E-state index is 13.5. The van der Waals surface area contributed by atoms with Crippen molar-refractivity contribution in [1.29, 1.82) is 0 Å². The van der Waals surface area contributed by atoms with Crippen molar-refractivity contribution in [2.24, 2.45) is 0 Å². The van der Waals surface area contributed by atoms with Gasteiger partial charge in [0.15, 0.2) is 0 Å². The van der Waals surface area contributed by atoms with E-state index < -0.39 is 0 Å². The molecule has 0 unspecified atom stereocenters. The summed E-state index contributed by atoms with van der Waals surface area (Å²) in [6.45, 7) is 1.51. The fourth-order valence-corrected chi connectivity index (χ4v) is 3.95. The molecule has 1 saturated heterocycles. The van der Waals surface area contributed by atoms with Gasteiger partial charge in [0.25, 0.3) is 0 Å². The molecule has 1 aliphatic rings. The van der Waals surface area contributed by atoms with E-state index in [0.29, 0.717) is 43.4 Å². The Morgan fingerprint density at radius 3 is 2.56 bits per heavy atom. The van der Waals surface area contributed by atoms with Gasteiger partial charge in [-0.2, -0.15) is 0 Å². The summed E-state index contributed by atoms with van der Waals surface area (Å²) in [5, 5.41) is 3.06. The van der Waals surface area contributed by atoms with Crippen molar-refractivity contribution in [3.63, 3.8) is 0 Å². The molecule has 2 aromatic carbocycles. The molecule has 1 aliphatic heterocycles. The summed E-state index contributed by atoms with van der Waals surface area (Å²) < 4.78 is 26.7. The van der Waals surface area contributed by atoms with Crippen LogP contribution < -0.4 is 10.2 Å². The number of carbonyl (C=O) groups is 1. The summed E-state index contributed by atoms with van der Waals surface area (Å²) in [5.41, 5.74) is 2.34. The Hall–Kier alpha value is -3.39. The normalized spacial score (nSPS) is 16.1. The molecule has 3 aromatic rings. The Morgan fingerprint density at radius 1 is 1.06 bits per heavy atom. The highest BCUT2D eigenvalue weighted by Crippen LogP contribution is 2.32. The minimum absolute atomic E-state index is 0.0176. The van der Waals surface area contributed by atoms with Gasteiger partial charge in [-0.1, -0.05) is 12.1 Å². The summed E-state index contributed by atoms with van der Waals surface area (Å²) in [6, 6.07) is 14.3. The zero-order valence-electron chi connectivity index (χ0n) is 18.1. The van der Waals surface area contributed by atoms with E-state index in [1.54, 1.807) is 30.1 Å². The van der Waals surface area contributed by atoms with E-state index in [1.165, 1.54) is 24.3 Å². The maximum atomic E-state index is 13.5. The van der Waals surface area contributed by atoms with Crippen LogP contribution in [0.2, 0.25) is 0 Å². The van der Waals surface area contributed by atoms with Crippen LogP contribution >= 0.6 is 0 Å². The van der Waals surface area contributed by atoms with Gasteiger partial charge in [-0.3, -0.25) is 9.69 Å². The molecule has 0 radical (unpaired) electrons. The lowest BCUT2D eigenvalue weighted by atomic mass is 10.0. The Balaban J connectivity index is 1.50. The van der Waals surface area contributed by atoms with Crippen LogP contribution in [-0.4, -0.2) is 41.4 Å². The average Bonchev–Trinajstić information content (AvgIpc) is 3.15. The number of rotatable bonds is 7. The number of nitrogens with one attached hydrogen (secondary N) is 1. The molecule has 4 rings (SSSR count). The van der Waals surface area contributed by atoms with Crippen LogP contribution in [-0.2, 0) is 17.9 Å². The first-order chi connectivity index (χ1) is 15.4. The molecule has 0 spiro atoms. The predicted molar refractivity (Wildman–Crippen MR) is 119 cm³/mol. The second kappa shape index (κ2) is 9.40. The lowest BCUT2D eigenvalue weighted by molar-refractivity contribution is -0.117. The second-order valence-electron chi connectivity index (χ2n) is 8.03. The summed E-state index contributed by atoms with van der Waals surface area (Å²) in [7, 11) is 3.71. The number of anilines is 2. The molecule has 6 nitrogen and oxygen atoms in total. The number of amides is 1. The summed E-state index contributed by atoms with van der Waals surface area (Å²) in [4.78, 5) is 25.6. The number of hydrogen-bond acceptors (Lipinski definition) is 5. The van der Waals surface area contributed by atoms with E-state index in [-0.39, 0.29) is 23.5 Å². The van der Waals surface area contributed by atoms with Gasteiger partial charge in [0.2, 0.25) is 5.91 Å². The monoisotopic (exact) mass is 437 g/mol. The topological polar surface area (TPSA) is 61.4 Å². The van der Waals surface area contributed by atoms with Crippen molar-refractivity contribution in [3.8, 4) is 0 Å².